The van der Waals surface area contributed by atoms with E-state index in [2.05, 4.69) is 20.1 Å². The molecule has 0 aliphatic carbocycles. The summed E-state index contributed by atoms with van der Waals surface area (Å²) in [5, 5.41) is 12.1. The van der Waals surface area contributed by atoms with Gasteiger partial charge in [-0.25, -0.2) is 4.39 Å². The first-order valence-corrected chi connectivity index (χ1v) is 7.12. The minimum Gasteiger partial charge on any atom is -0.314 e. The summed E-state index contributed by atoms with van der Waals surface area (Å²) < 4.78 is 15.9. The van der Waals surface area contributed by atoms with Crippen molar-refractivity contribution in [2.75, 3.05) is 0 Å². The van der Waals surface area contributed by atoms with Gasteiger partial charge in [0.2, 0.25) is 0 Å². The highest BCUT2D eigenvalue weighted by molar-refractivity contribution is 6.30. The molecule has 1 aliphatic heterocycles. The van der Waals surface area contributed by atoms with Crippen LogP contribution in [0.1, 0.15) is 36.6 Å². The molecular weight excluding hydrogens is 279 g/mol. The maximum Gasteiger partial charge on any atom is 0.149 e. The molecule has 20 heavy (non-hydrogen) atoms. The van der Waals surface area contributed by atoms with E-state index in [1.54, 1.807) is 12.1 Å². The highest BCUT2D eigenvalue weighted by atomic mass is 35.5. The molecule has 2 aromatic rings. The SMILES string of the molecule is CC(NCc1ccc(Cl)cc1F)c1nnc2n1CCC2. The molecule has 0 saturated carbocycles. The second kappa shape index (κ2) is 5.50. The number of nitrogens with one attached hydrogen (secondary N) is 1. The summed E-state index contributed by atoms with van der Waals surface area (Å²) >= 11 is 5.74. The van der Waals surface area contributed by atoms with Crippen LogP contribution < -0.4 is 5.32 Å². The van der Waals surface area contributed by atoms with Crippen molar-refractivity contribution in [2.24, 2.45) is 0 Å². The molecule has 3 rings (SSSR count). The van der Waals surface area contributed by atoms with Gasteiger partial charge in [-0.05, 0) is 25.5 Å². The van der Waals surface area contributed by atoms with E-state index in [1.807, 2.05) is 6.92 Å². The zero-order valence-electron chi connectivity index (χ0n) is 11.2. The lowest BCUT2D eigenvalue weighted by molar-refractivity contribution is 0.503. The molecule has 106 valence electrons. The van der Waals surface area contributed by atoms with Crippen LogP contribution in [0.3, 0.4) is 0 Å². The van der Waals surface area contributed by atoms with Gasteiger partial charge >= 0.3 is 0 Å². The summed E-state index contributed by atoms with van der Waals surface area (Å²) in [4.78, 5) is 0. The van der Waals surface area contributed by atoms with Crippen LogP contribution in [-0.4, -0.2) is 14.8 Å². The van der Waals surface area contributed by atoms with E-state index in [0.717, 1.165) is 31.0 Å². The topological polar surface area (TPSA) is 42.7 Å². The van der Waals surface area contributed by atoms with E-state index >= 15 is 0 Å². The molecule has 0 radical (unpaired) electrons. The van der Waals surface area contributed by atoms with Gasteiger partial charge in [-0.2, -0.15) is 0 Å². The van der Waals surface area contributed by atoms with Crippen molar-refractivity contribution < 1.29 is 4.39 Å². The highest BCUT2D eigenvalue weighted by Gasteiger charge is 2.21. The van der Waals surface area contributed by atoms with Crippen molar-refractivity contribution >= 4 is 11.6 Å². The van der Waals surface area contributed by atoms with Gasteiger partial charge in [-0.3, -0.25) is 0 Å². The lowest BCUT2D eigenvalue weighted by Crippen LogP contribution is -2.22. The van der Waals surface area contributed by atoms with Crippen LogP contribution in [0.15, 0.2) is 18.2 Å². The van der Waals surface area contributed by atoms with Crippen molar-refractivity contribution in [1.82, 2.24) is 20.1 Å². The molecule has 0 fully saturated rings. The lowest BCUT2D eigenvalue weighted by atomic mass is 10.2. The van der Waals surface area contributed by atoms with Gasteiger partial charge in [-0.15, -0.1) is 10.2 Å². The largest absolute Gasteiger partial charge is 0.314 e. The first-order chi connectivity index (χ1) is 9.65. The molecule has 1 aromatic heterocycles. The Morgan fingerprint density at radius 2 is 2.30 bits per heavy atom. The average Bonchev–Trinajstić information content (AvgIpc) is 2.99. The molecular formula is C14H16ClFN4. The summed E-state index contributed by atoms with van der Waals surface area (Å²) in [7, 11) is 0. The van der Waals surface area contributed by atoms with Gasteiger partial charge < -0.3 is 9.88 Å². The Labute approximate surface area is 122 Å². The first kappa shape index (κ1) is 13.5. The van der Waals surface area contributed by atoms with Crippen molar-refractivity contribution in [1.29, 1.82) is 0 Å². The van der Waals surface area contributed by atoms with Crippen molar-refractivity contribution in [3.8, 4) is 0 Å². The van der Waals surface area contributed by atoms with Crippen LogP contribution >= 0.6 is 11.6 Å². The summed E-state index contributed by atoms with van der Waals surface area (Å²) in [6, 6.07) is 4.76. The minimum atomic E-state index is -0.288. The van der Waals surface area contributed by atoms with Gasteiger partial charge in [-0.1, -0.05) is 17.7 Å². The van der Waals surface area contributed by atoms with Crippen molar-refractivity contribution in [3.63, 3.8) is 0 Å². The summed E-state index contributed by atoms with van der Waals surface area (Å²) in [6.45, 7) is 3.43. The van der Waals surface area contributed by atoms with E-state index in [1.165, 1.54) is 6.07 Å². The molecule has 4 nitrogen and oxygen atoms in total. The molecule has 1 unspecified atom stereocenters. The third-order valence-electron chi connectivity index (χ3n) is 3.64. The van der Waals surface area contributed by atoms with Gasteiger partial charge in [0.1, 0.15) is 17.5 Å². The number of hydrogen-bond acceptors (Lipinski definition) is 3. The molecule has 1 N–H and O–H groups in total. The van der Waals surface area contributed by atoms with E-state index < -0.39 is 0 Å². The monoisotopic (exact) mass is 294 g/mol. The van der Waals surface area contributed by atoms with Crippen LogP contribution in [0.4, 0.5) is 4.39 Å². The van der Waals surface area contributed by atoms with Crippen LogP contribution in [0, 0.1) is 5.82 Å². The molecule has 6 heteroatoms. The van der Waals surface area contributed by atoms with E-state index in [-0.39, 0.29) is 11.9 Å². The van der Waals surface area contributed by atoms with Crippen molar-refractivity contribution in [3.05, 3.63) is 46.3 Å². The van der Waals surface area contributed by atoms with E-state index in [4.69, 9.17) is 11.6 Å². The zero-order chi connectivity index (χ0) is 14.1. The third kappa shape index (κ3) is 2.55. The molecule has 0 saturated heterocycles. The maximum atomic E-state index is 13.7. The molecule has 0 spiro atoms. The Morgan fingerprint density at radius 1 is 1.45 bits per heavy atom. The molecule has 0 amide bonds. The number of fused-ring (bicyclic) bond motifs is 1. The van der Waals surface area contributed by atoms with Crippen LogP contribution in [0.25, 0.3) is 0 Å². The third-order valence-corrected chi connectivity index (χ3v) is 3.87. The second-order valence-corrected chi connectivity index (χ2v) is 5.50. The smallest absolute Gasteiger partial charge is 0.149 e. The Bertz CT molecular complexity index is 626. The standard InChI is InChI=1S/C14H16ClFN4/c1-9(14-19-18-13-3-2-6-20(13)14)17-8-10-4-5-11(15)7-12(10)16/h4-5,7,9,17H,2-3,6,8H2,1H3. The normalized spacial score (nSPS) is 15.3. The first-order valence-electron chi connectivity index (χ1n) is 6.74. The van der Waals surface area contributed by atoms with Crippen LogP contribution in [-0.2, 0) is 19.5 Å². The maximum absolute atomic E-state index is 13.7. The fraction of sp³-hybridized carbons (Fsp3) is 0.429. The zero-order valence-corrected chi connectivity index (χ0v) is 12.0. The summed E-state index contributed by atoms with van der Waals surface area (Å²) in [5.74, 6) is 1.68. The Balaban J connectivity index is 1.68. The van der Waals surface area contributed by atoms with E-state index in [0.29, 0.717) is 17.1 Å². The number of nitrogens with zero attached hydrogens (tertiary/aromatic N) is 3. The molecule has 0 bridgehead atoms. The molecule has 2 heterocycles. The number of halogens is 2. The van der Waals surface area contributed by atoms with Gasteiger partial charge in [0.05, 0.1) is 6.04 Å². The Morgan fingerprint density at radius 3 is 3.10 bits per heavy atom. The average molecular weight is 295 g/mol. The fourth-order valence-electron chi connectivity index (χ4n) is 2.51. The Hall–Kier alpha value is -1.46. The van der Waals surface area contributed by atoms with Gasteiger partial charge in [0, 0.05) is 30.1 Å². The fourth-order valence-corrected chi connectivity index (χ4v) is 2.67. The number of benzene rings is 1. The van der Waals surface area contributed by atoms with Crippen LogP contribution in [0.5, 0.6) is 0 Å². The summed E-state index contributed by atoms with van der Waals surface area (Å²) in [5.41, 5.74) is 0.599. The molecule has 1 atom stereocenters. The van der Waals surface area contributed by atoms with Gasteiger partial charge in [0.25, 0.3) is 0 Å². The van der Waals surface area contributed by atoms with Crippen molar-refractivity contribution in [2.45, 2.75) is 38.9 Å². The Kier molecular flexibility index (Phi) is 3.72. The minimum absolute atomic E-state index is 0.0319. The lowest BCUT2D eigenvalue weighted by Gasteiger charge is -2.14. The number of hydrogen-bond donors (Lipinski definition) is 1. The quantitative estimate of drug-likeness (QED) is 0.943. The predicted molar refractivity (Wildman–Crippen MR) is 75.0 cm³/mol. The highest BCUT2D eigenvalue weighted by Crippen LogP contribution is 2.20. The van der Waals surface area contributed by atoms with Gasteiger partial charge in [0.15, 0.2) is 0 Å². The summed E-state index contributed by atoms with van der Waals surface area (Å²) in [6.07, 6.45) is 2.11. The number of aryl methyl sites for hydroxylation is 1. The van der Waals surface area contributed by atoms with Crippen LogP contribution in [0.2, 0.25) is 5.02 Å². The number of rotatable bonds is 4. The number of aromatic nitrogens is 3. The second-order valence-electron chi connectivity index (χ2n) is 5.07. The molecule has 1 aliphatic rings. The molecule has 1 aromatic carbocycles. The van der Waals surface area contributed by atoms with E-state index in [9.17, 15) is 4.39 Å². The predicted octanol–water partition coefficient (Wildman–Crippen LogP) is 2.87.